The Morgan fingerprint density at radius 1 is 1.16 bits per heavy atom. The van der Waals surface area contributed by atoms with Crippen LogP contribution >= 0.6 is 0 Å². The van der Waals surface area contributed by atoms with E-state index in [0.717, 1.165) is 24.2 Å². The van der Waals surface area contributed by atoms with Crippen molar-refractivity contribution >= 4 is 11.8 Å². The van der Waals surface area contributed by atoms with Crippen LogP contribution in [0.5, 0.6) is 17.2 Å². The summed E-state index contributed by atoms with van der Waals surface area (Å²) in [5, 5.41) is 10.1. The molecule has 1 N–H and O–H groups in total. The number of aromatic nitrogens is 1. The van der Waals surface area contributed by atoms with Gasteiger partial charge in [-0.15, -0.1) is 0 Å². The molecule has 0 saturated heterocycles. The van der Waals surface area contributed by atoms with Crippen LogP contribution in [0.2, 0.25) is 0 Å². The van der Waals surface area contributed by atoms with Gasteiger partial charge in [0.05, 0.1) is 13.0 Å². The second-order valence-corrected chi connectivity index (χ2v) is 8.11. The normalized spacial score (nSPS) is 16.1. The molecule has 0 unspecified atom stereocenters. The molecule has 7 heteroatoms. The number of ketones is 1. The van der Waals surface area contributed by atoms with E-state index in [-0.39, 0.29) is 29.7 Å². The zero-order chi connectivity index (χ0) is 22.5. The molecule has 1 heterocycles. The van der Waals surface area contributed by atoms with Crippen molar-refractivity contribution < 1.29 is 28.9 Å². The van der Waals surface area contributed by atoms with Crippen molar-refractivity contribution in [2.45, 2.75) is 52.2 Å². The minimum Gasteiger partial charge on any atom is -0.503 e. The molecule has 0 aliphatic heterocycles. The molecule has 31 heavy (non-hydrogen) atoms. The van der Waals surface area contributed by atoms with Crippen LogP contribution in [0, 0.1) is 18.8 Å². The Balaban J connectivity index is 1.60. The predicted molar refractivity (Wildman–Crippen MR) is 114 cm³/mol. The van der Waals surface area contributed by atoms with Gasteiger partial charge in [-0.2, -0.15) is 0 Å². The molecule has 3 atom stereocenters. The summed E-state index contributed by atoms with van der Waals surface area (Å²) in [4.78, 5) is 29.1. The zero-order valence-corrected chi connectivity index (χ0v) is 18.3. The summed E-state index contributed by atoms with van der Waals surface area (Å²) in [6, 6.07) is 9.23. The van der Waals surface area contributed by atoms with Crippen molar-refractivity contribution in [2.24, 2.45) is 11.8 Å². The lowest BCUT2D eigenvalue weighted by atomic mass is 10.0. The van der Waals surface area contributed by atoms with Crippen LogP contribution in [0.1, 0.15) is 49.2 Å². The lowest BCUT2D eigenvalue weighted by molar-refractivity contribution is -0.157. The van der Waals surface area contributed by atoms with E-state index < -0.39 is 23.8 Å². The van der Waals surface area contributed by atoms with Gasteiger partial charge in [0.2, 0.25) is 0 Å². The van der Waals surface area contributed by atoms with Gasteiger partial charge in [-0.3, -0.25) is 9.59 Å². The summed E-state index contributed by atoms with van der Waals surface area (Å²) in [5.74, 6) is -0.717. The molecule has 3 rings (SSSR count). The van der Waals surface area contributed by atoms with E-state index in [0.29, 0.717) is 5.92 Å². The van der Waals surface area contributed by atoms with Crippen molar-refractivity contribution in [1.82, 2.24) is 4.98 Å². The third-order valence-corrected chi connectivity index (χ3v) is 5.41. The smallest absolute Gasteiger partial charge is 0.309 e. The van der Waals surface area contributed by atoms with Crippen LogP contribution in [0.3, 0.4) is 0 Å². The lowest BCUT2D eigenvalue weighted by Gasteiger charge is -2.26. The molecule has 1 aromatic carbocycles. The number of benzene rings is 1. The highest BCUT2D eigenvalue weighted by Crippen LogP contribution is 2.37. The highest BCUT2D eigenvalue weighted by Gasteiger charge is 2.39. The van der Waals surface area contributed by atoms with Gasteiger partial charge in [0.15, 0.2) is 23.0 Å². The molecule has 0 spiro atoms. The van der Waals surface area contributed by atoms with Crippen molar-refractivity contribution in [3.63, 3.8) is 0 Å². The Bertz CT molecular complexity index is 922. The van der Waals surface area contributed by atoms with Crippen LogP contribution in [0.25, 0.3) is 0 Å². The molecule has 1 aliphatic rings. The highest BCUT2D eigenvalue weighted by atomic mass is 16.6. The molecular weight excluding hydrogens is 398 g/mol. The van der Waals surface area contributed by atoms with E-state index in [1.807, 2.05) is 38.1 Å². The first-order valence-corrected chi connectivity index (χ1v) is 10.5. The number of aryl methyl sites for hydroxylation is 1. The van der Waals surface area contributed by atoms with E-state index in [1.165, 1.54) is 19.4 Å². The van der Waals surface area contributed by atoms with Crippen LogP contribution in [0.15, 0.2) is 36.5 Å². The lowest BCUT2D eigenvalue weighted by Crippen LogP contribution is -2.36. The maximum absolute atomic E-state index is 12.6. The summed E-state index contributed by atoms with van der Waals surface area (Å²) in [7, 11) is 1.39. The number of esters is 1. The molecule has 0 radical (unpaired) electrons. The first-order valence-electron chi connectivity index (χ1n) is 10.5. The average Bonchev–Trinajstić information content (AvgIpc) is 3.58. The molecule has 1 saturated carbocycles. The number of hydrogen-bond acceptors (Lipinski definition) is 7. The van der Waals surface area contributed by atoms with Crippen molar-refractivity contribution in [1.29, 1.82) is 0 Å². The Labute approximate surface area is 182 Å². The van der Waals surface area contributed by atoms with Crippen LogP contribution in [-0.4, -0.2) is 41.2 Å². The first kappa shape index (κ1) is 22.6. The zero-order valence-electron chi connectivity index (χ0n) is 18.3. The number of pyridine rings is 1. The number of Topliss-reactive ketones (excluding diaryl/α,β-unsaturated/α-hetero) is 1. The Morgan fingerprint density at radius 3 is 2.45 bits per heavy atom. The van der Waals surface area contributed by atoms with Crippen molar-refractivity contribution in [3.05, 3.63) is 47.8 Å². The summed E-state index contributed by atoms with van der Waals surface area (Å²) in [6.07, 6.45) is 2.62. The molecular formula is C24H29NO6. The first-order chi connectivity index (χ1) is 14.8. The number of hydrogen-bond donors (Lipinski definition) is 1. The number of carbonyl (C=O) groups is 2. The third kappa shape index (κ3) is 5.75. The summed E-state index contributed by atoms with van der Waals surface area (Å²) in [6.45, 7) is 5.45. The Morgan fingerprint density at radius 2 is 1.84 bits per heavy atom. The van der Waals surface area contributed by atoms with E-state index in [2.05, 4.69) is 4.98 Å². The van der Waals surface area contributed by atoms with Crippen molar-refractivity contribution in [2.75, 3.05) is 7.11 Å². The van der Waals surface area contributed by atoms with Crippen LogP contribution < -0.4 is 9.47 Å². The fourth-order valence-electron chi connectivity index (χ4n) is 3.40. The maximum atomic E-state index is 12.6. The minimum absolute atomic E-state index is 0.120. The van der Waals surface area contributed by atoms with E-state index in [1.54, 1.807) is 6.92 Å². The SMILES string of the molecule is COc1ccnc(C(=O)C[C@@H](C)C(=O)O[C@@H](C)[C@H](Oc2ccc(C)cc2)C2CC2)c1O. The van der Waals surface area contributed by atoms with Gasteiger partial charge in [0.25, 0.3) is 0 Å². The molecule has 2 aromatic rings. The van der Waals surface area contributed by atoms with E-state index in [4.69, 9.17) is 14.2 Å². The highest BCUT2D eigenvalue weighted by molar-refractivity contribution is 5.99. The molecule has 1 aromatic heterocycles. The molecule has 1 aliphatic carbocycles. The topological polar surface area (TPSA) is 95.0 Å². The second kappa shape index (κ2) is 9.81. The number of nitrogens with zero attached hydrogens (tertiary/aromatic N) is 1. The largest absolute Gasteiger partial charge is 0.503 e. The monoisotopic (exact) mass is 427 g/mol. The van der Waals surface area contributed by atoms with Crippen LogP contribution in [0.4, 0.5) is 0 Å². The Hall–Kier alpha value is -3.09. The fourth-order valence-corrected chi connectivity index (χ4v) is 3.40. The number of rotatable bonds is 10. The van der Waals surface area contributed by atoms with Gasteiger partial charge < -0.3 is 19.3 Å². The summed E-state index contributed by atoms with van der Waals surface area (Å²) < 4.78 is 16.8. The fraction of sp³-hybridized carbons (Fsp3) is 0.458. The maximum Gasteiger partial charge on any atom is 0.309 e. The second-order valence-electron chi connectivity index (χ2n) is 8.11. The summed E-state index contributed by atoms with van der Waals surface area (Å²) >= 11 is 0. The van der Waals surface area contributed by atoms with Gasteiger partial charge >= 0.3 is 5.97 Å². The Kier molecular flexibility index (Phi) is 7.15. The number of methoxy groups -OCH3 is 1. The van der Waals surface area contributed by atoms with Crippen LogP contribution in [-0.2, 0) is 9.53 Å². The van der Waals surface area contributed by atoms with Gasteiger partial charge in [-0.25, -0.2) is 4.98 Å². The number of ether oxygens (including phenoxy) is 3. The van der Waals surface area contributed by atoms with Gasteiger partial charge in [-0.1, -0.05) is 24.6 Å². The molecule has 0 amide bonds. The van der Waals surface area contributed by atoms with E-state index >= 15 is 0 Å². The molecule has 166 valence electrons. The molecule has 0 bridgehead atoms. The average molecular weight is 427 g/mol. The third-order valence-electron chi connectivity index (χ3n) is 5.41. The van der Waals surface area contributed by atoms with Gasteiger partial charge in [0.1, 0.15) is 18.0 Å². The minimum atomic E-state index is -0.693. The van der Waals surface area contributed by atoms with Gasteiger partial charge in [-0.05, 0) is 44.7 Å². The van der Waals surface area contributed by atoms with E-state index in [9.17, 15) is 14.7 Å². The predicted octanol–water partition coefficient (Wildman–Crippen LogP) is 4.10. The quantitative estimate of drug-likeness (QED) is 0.450. The summed E-state index contributed by atoms with van der Waals surface area (Å²) in [5.41, 5.74) is 1.02. The number of aromatic hydroxyl groups is 1. The molecule has 1 fully saturated rings. The van der Waals surface area contributed by atoms with Crippen molar-refractivity contribution in [3.8, 4) is 17.2 Å². The van der Waals surface area contributed by atoms with Gasteiger partial charge in [0, 0.05) is 18.7 Å². The standard InChI is InChI=1S/C24H29NO6/c1-14-5-9-18(10-6-14)31-23(17-7-8-17)16(3)30-24(28)15(2)13-19(26)21-22(27)20(29-4)11-12-25-21/h5-6,9-12,15-17,23,27H,7-8,13H2,1-4H3/t15-,16+,23+/m1/s1. The number of carbonyl (C=O) groups excluding carboxylic acids is 2. The molecule has 7 nitrogen and oxygen atoms in total.